The van der Waals surface area contributed by atoms with Gasteiger partial charge in [0, 0.05) is 12.2 Å². The first-order chi connectivity index (χ1) is 11.1. The van der Waals surface area contributed by atoms with Crippen LogP contribution in [0.15, 0.2) is 27.9 Å². The molecule has 2 N–H and O–H groups in total. The molecule has 1 heterocycles. The number of thiazole rings is 1. The molecule has 1 aromatic heterocycles. The zero-order valence-corrected chi connectivity index (χ0v) is 13.6. The SMILES string of the molecule is CCc1ccc(N=Nc2ncsc2[N+](=O)[O-])c(C)c1NCCO. The maximum absolute atomic E-state index is 10.9. The average Bonchev–Trinajstić information content (AvgIpc) is 3.01. The summed E-state index contributed by atoms with van der Waals surface area (Å²) in [7, 11) is 0. The molecule has 23 heavy (non-hydrogen) atoms. The lowest BCUT2D eigenvalue weighted by Gasteiger charge is -2.14. The smallest absolute Gasteiger partial charge is 0.371 e. The summed E-state index contributed by atoms with van der Waals surface area (Å²) in [6.45, 7) is 4.40. The van der Waals surface area contributed by atoms with E-state index in [2.05, 4.69) is 20.5 Å². The van der Waals surface area contributed by atoms with E-state index in [1.165, 1.54) is 5.51 Å². The summed E-state index contributed by atoms with van der Waals surface area (Å²) < 4.78 is 0. The number of anilines is 1. The lowest BCUT2D eigenvalue weighted by Crippen LogP contribution is -2.08. The number of benzene rings is 1. The number of hydrogen-bond donors (Lipinski definition) is 2. The summed E-state index contributed by atoms with van der Waals surface area (Å²) >= 11 is 0.913. The average molecular weight is 335 g/mol. The summed E-state index contributed by atoms with van der Waals surface area (Å²) in [5.74, 6) is 0.00355. The number of azo groups is 1. The number of aliphatic hydroxyl groups excluding tert-OH is 1. The van der Waals surface area contributed by atoms with Crippen molar-refractivity contribution in [1.82, 2.24) is 4.98 Å². The van der Waals surface area contributed by atoms with Crippen molar-refractivity contribution in [3.8, 4) is 0 Å². The van der Waals surface area contributed by atoms with Crippen LogP contribution in [0.5, 0.6) is 0 Å². The Morgan fingerprint density at radius 3 is 2.87 bits per heavy atom. The highest BCUT2D eigenvalue weighted by molar-refractivity contribution is 7.13. The van der Waals surface area contributed by atoms with Gasteiger partial charge in [0.2, 0.25) is 0 Å². The first kappa shape index (κ1) is 17.0. The molecule has 0 aliphatic carbocycles. The van der Waals surface area contributed by atoms with Crippen molar-refractivity contribution < 1.29 is 10.0 Å². The Morgan fingerprint density at radius 1 is 1.43 bits per heavy atom. The second-order valence-corrected chi connectivity index (χ2v) is 5.52. The van der Waals surface area contributed by atoms with E-state index >= 15 is 0 Å². The van der Waals surface area contributed by atoms with Gasteiger partial charge in [0.05, 0.1) is 22.7 Å². The number of rotatable bonds is 7. The van der Waals surface area contributed by atoms with Crippen LogP contribution in [0.25, 0.3) is 0 Å². The first-order valence-corrected chi connectivity index (χ1v) is 7.93. The molecule has 0 saturated carbocycles. The number of nitro groups is 1. The van der Waals surface area contributed by atoms with Gasteiger partial charge in [0.15, 0.2) is 0 Å². The van der Waals surface area contributed by atoms with E-state index in [1.807, 2.05) is 26.0 Å². The van der Waals surface area contributed by atoms with Gasteiger partial charge >= 0.3 is 5.00 Å². The zero-order chi connectivity index (χ0) is 16.8. The van der Waals surface area contributed by atoms with Gasteiger partial charge in [0.1, 0.15) is 0 Å². The van der Waals surface area contributed by atoms with Crippen molar-refractivity contribution in [3.63, 3.8) is 0 Å². The van der Waals surface area contributed by atoms with Crippen molar-refractivity contribution in [2.75, 3.05) is 18.5 Å². The Kier molecular flexibility index (Phi) is 5.72. The van der Waals surface area contributed by atoms with Crippen molar-refractivity contribution in [3.05, 3.63) is 38.9 Å². The molecular weight excluding hydrogens is 318 g/mol. The van der Waals surface area contributed by atoms with Crippen molar-refractivity contribution in [2.45, 2.75) is 20.3 Å². The van der Waals surface area contributed by atoms with E-state index in [-0.39, 0.29) is 17.4 Å². The van der Waals surface area contributed by atoms with Crippen molar-refractivity contribution in [2.24, 2.45) is 10.2 Å². The highest BCUT2D eigenvalue weighted by Crippen LogP contribution is 2.34. The van der Waals surface area contributed by atoms with E-state index < -0.39 is 4.92 Å². The van der Waals surface area contributed by atoms with Gasteiger partial charge in [-0.25, -0.2) is 4.98 Å². The van der Waals surface area contributed by atoms with E-state index in [4.69, 9.17) is 5.11 Å². The summed E-state index contributed by atoms with van der Waals surface area (Å²) in [6.07, 6.45) is 0.837. The minimum absolute atomic E-state index is 0.00355. The molecule has 0 unspecified atom stereocenters. The van der Waals surface area contributed by atoms with Crippen LogP contribution in [-0.2, 0) is 6.42 Å². The van der Waals surface area contributed by atoms with Gasteiger partial charge < -0.3 is 10.4 Å². The Labute approximate surface area is 137 Å². The lowest BCUT2D eigenvalue weighted by atomic mass is 10.0. The molecule has 0 aliphatic heterocycles. The molecule has 0 spiro atoms. The number of hydrogen-bond acceptors (Lipinski definition) is 8. The van der Waals surface area contributed by atoms with E-state index in [1.54, 1.807) is 0 Å². The molecule has 9 heteroatoms. The topological polar surface area (TPSA) is 113 Å². The summed E-state index contributed by atoms with van der Waals surface area (Å²) in [6, 6.07) is 3.75. The van der Waals surface area contributed by atoms with Crippen LogP contribution in [0.3, 0.4) is 0 Å². The Balaban J connectivity index is 2.34. The third kappa shape index (κ3) is 3.88. The fraction of sp³-hybridized carbons (Fsp3) is 0.357. The minimum Gasteiger partial charge on any atom is -0.395 e. The van der Waals surface area contributed by atoms with Crippen LogP contribution < -0.4 is 5.32 Å². The molecule has 0 bridgehead atoms. The van der Waals surface area contributed by atoms with Crippen molar-refractivity contribution >= 4 is 33.5 Å². The molecule has 0 fully saturated rings. The van der Waals surface area contributed by atoms with Crippen molar-refractivity contribution in [1.29, 1.82) is 0 Å². The molecule has 0 radical (unpaired) electrons. The number of aryl methyl sites for hydroxylation is 1. The second-order valence-electron chi connectivity index (χ2n) is 4.69. The molecular formula is C14H17N5O3S. The molecule has 2 aromatic rings. The first-order valence-electron chi connectivity index (χ1n) is 7.05. The minimum atomic E-state index is -0.521. The van der Waals surface area contributed by atoms with Gasteiger partial charge in [-0.1, -0.05) is 13.0 Å². The number of nitrogens with one attached hydrogen (secondary N) is 1. The summed E-state index contributed by atoms with van der Waals surface area (Å²) in [5, 5.41) is 30.9. The molecule has 8 nitrogen and oxygen atoms in total. The standard InChI is InChI=1S/C14H17N5O3S/c1-3-10-4-5-11(9(2)12(10)15-6-7-20)17-18-13-14(19(21)22)23-8-16-13/h4-5,8,15,20H,3,6-7H2,1-2H3. The van der Waals surface area contributed by atoms with Gasteiger partial charge in [-0.15, -0.1) is 10.2 Å². The maximum atomic E-state index is 10.9. The van der Waals surface area contributed by atoms with E-state index in [0.29, 0.717) is 12.2 Å². The predicted octanol–water partition coefficient (Wildman–Crippen LogP) is 3.74. The third-order valence-corrected chi connectivity index (χ3v) is 4.03. The Morgan fingerprint density at radius 2 is 2.22 bits per heavy atom. The second kappa shape index (κ2) is 7.75. The monoisotopic (exact) mass is 335 g/mol. The van der Waals surface area contributed by atoms with Crippen LogP contribution in [-0.4, -0.2) is 28.2 Å². The molecule has 0 aliphatic rings. The fourth-order valence-corrected chi connectivity index (χ4v) is 2.65. The quantitative estimate of drug-likeness (QED) is 0.454. The van der Waals surface area contributed by atoms with Gasteiger partial charge in [0.25, 0.3) is 5.82 Å². The number of aliphatic hydroxyl groups is 1. The molecule has 2 rings (SSSR count). The molecule has 0 atom stereocenters. The Bertz CT molecular complexity index is 729. The maximum Gasteiger partial charge on any atom is 0.371 e. The van der Waals surface area contributed by atoms with E-state index in [9.17, 15) is 10.1 Å². The molecule has 0 saturated heterocycles. The molecule has 1 aromatic carbocycles. The Hall–Kier alpha value is -2.39. The van der Waals surface area contributed by atoms with Crippen LogP contribution in [0, 0.1) is 17.0 Å². The summed E-state index contributed by atoms with van der Waals surface area (Å²) in [5.41, 5.74) is 4.86. The largest absolute Gasteiger partial charge is 0.395 e. The van der Waals surface area contributed by atoms with Crippen LogP contribution >= 0.6 is 11.3 Å². The highest BCUT2D eigenvalue weighted by Gasteiger charge is 2.17. The van der Waals surface area contributed by atoms with Gasteiger partial charge in [-0.2, -0.15) is 0 Å². The van der Waals surface area contributed by atoms with Gasteiger partial charge in [-0.3, -0.25) is 10.1 Å². The van der Waals surface area contributed by atoms with Crippen LogP contribution in [0.1, 0.15) is 18.1 Å². The van der Waals surface area contributed by atoms with Crippen LogP contribution in [0.4, 0.5) is 22.2 Å². The lowest BCUT2D eigenvalue weighted by molar-refractivity contribution is -0.379. The summed E-state index contributed by atoms with van der Waals surface area (Å²) in [4.78, 5) is 14.2. The number of nitrogens with zero attached hydrogens (tertiary/aromatic N) is 4. The fourth-order valence-electron chi connectivity index (χ4n) is 2.12. The predicted molar refractivity (Wildman–Crippen MR) is 89.1 cm³/mol. The normalized spacial score (nSPS) is 11.1. The highest BCUT2D eigenvalue weighted by atomic mass is 32.1. The molecule has 122 valence electrons. The molecule has 0 amide bonds. The zero-order valence-electron chi connectivity index (χ0n) is 12.8. The number of aromatic nitrogens is 1. The third-order valence-electron chi connectivity index (χ3n) is 3.27. The van der Waals surface area contributed by atoms with Crippen LogP contribution in [0.2, 0.25) is 0 Å². The van der Waals surface area contributed by atoms with E-state index in [0.717, 1.165) is 34.6 Å². The van der Waals surface area contributed by atoms with Gasteiger partial charge in [-0.05, 0) is 41.9 Å².